The molecule has 0 spiro atoms. The molecule has 2 amide bonds. The second kappa shape index (κ2) is 16.1. The van der Waals surface area contributed by atoms with Crippen LogP contribution in [0, 0.1) is 17.2 Å². The Morgan fingerprint density at radius 1 is 1.04 bits per heavy atom. The van der Waals surface area contributed by atoms with E-state index in [1.54, 1.807) is 12.1 Å². The predicted octanol–water partition coefficient (Wildman–Crippen LogP) is 6.11. The second-order valence-corrected chi connectivity index (χ2v) is 13.6. The Morgan fingerprint density at radius 3 is 2.62 bits per heavy atom. The Labute approximate surface area is 301 Å². The maximum atomic E-state index is 12.8. The van der Waals surface area contributed by atoms with Crippen LogP contribution in [-0.2, 0) is 4.79 Å². The van der Waals surface area contributed by atoms with Gasteiger partial charge in [-0.2, -0.15) is 15.3 Å². The lowest BCUT2D eigenvalue weighted by Gasteiger charge is -2.26. The fraction of sp³-hybridized carbons (Fsp3) is 0.385. The van der Waals surface area contributed by atoms with Gasteiger partial charge < -0.3 is 30.8 Å². The van der Waals surface area contributed by atoms with Gasteiger partial charge in [-0.05, 0) is 92.5 Å². The molecule has 1 saturated carbocycles. The van der Waals surface area contributed by atoms with E-state index in [9.17, 15) is 20.0 Å². The monoisotopic (exact) mass is 701 g/mol. The number of unbranched alkanes of at least 4 members (excludes halogenated alkanes) is 1. The standard InChI is InChI=1S/C39H43N9O4/c40-19-17-33(26-5-1-2-6-26)48-24-28(23-43-48)35-32-18-21-41-36(32)47-39(46-35)44-29-11-7-27(8-12-29)37(50)42-20-3-4-22-52-30-13-9-25(10-14-30)31-15-16-34(49)45-38(31)51/h7-14,18,21,23-24,26,31,33-34,49H,1-6,15-17,20,22H2,(H,42,50)(H,45,51)(H2,41,44,46,47)/t31?,33-,34?/m0/s1. The average Bonchev–Trinajstić information content (AvgIpc) is 3.96. The summed E-state index contributed by atoms with van der Waals surface area (Å²) in [5.41, 5.74) is 4.49. The van der Waals surface area contributed by atoms with Crippen LogP contribution in [0.3, 0.4) is 0 Å². The Kier molecular flexibility index (Phi) is 10.7. The summed E-state index contributed by atoms with van der Waals surface area (Å²) in [5, 5.41) is 33.5. The molecule has 7 rings (SSSR count). The van der Waals surface area contributed by atoms with E-state index in [0.29, 0.717) is 55.5 Å². The number of aliphatic hydroxyl groups excluding tert-OH is 1. The van der Waals surface area contributed by atoms with Gasteiger partial charge in [-0.1, -0.05) is 25.0 Å². The van der Waals surface area contributed by atoms with Gasteiger partial charge in [0.15, 0.2) is 0 Å². The summed E-state index contributed by atoms with van der Waals surface area (Å²) in [6.45, 7) is 1.03. The van der Waals surface area contributed by atoms with Crippen molar-refractivity contribution >= 4 is 34.5 Å². The van der Waals surface area contributed by atoms with Crippen LogP contribution in [0.4, 0.5) is 11.6 Å². The van der Waals surface area contributed by atoms with Crippen molar-refractivity contribution in [3.8, 4) is 23.1 Å². The minimum Gasteiger partial charge on any atom is -0.494 e. The number of H-pyrrole nitrogens is 1. The van der Waals surface area contributed by atoms with Crippen molar-refractivity contribution in [2.75, 3.05) is 18.5 Å². The van der Waals surface area contributed by atoms with E-state index >= 15 is 0 Å². The highest BCUT2D eigenvalue weighted by Gasteiger charge is 2.29. The predicted molar refractivity (Wildman–Crippen MR) is 196 cm³/mol. The molecule has 3 atom stereocenters. The molecular weight excluding hydrogens is 658 g/mol. The highest BCUT2D eigenvalue weighted by molar-refractivity contribution is 5.95. The Bertz CT molecular complexity index is 2030. The van der Waals surface area contributed by atoms with Gasteiger partial charge in [-0.25, -0.2) is 4.98 Å². The van der Waals surface area contributed by atoms with Crippen molar-refractivity contribution in [2.45, 2.75) is 76.0 Å². The molecule has 52 heavy (non-hydrogen) atoms. The highest BCUT2D eigenvalue weighted by atomic mass is 16.5. The number of rotatable bonds is 14. The Morgan fingerprint density at radius 2 is 1.85 bits per heavy atom. The molecule has 1 aliphatic heterocycles. The summed E-state index contributed by atoms with van der Waals surface area (Å²) in [6, 6.07) is 19.0. The van der Waals surface area contributed by atoms with Gasteiger partial charge in [-0.3, -0.25) is 14.3 Å². The molecule has 0 bridgehead atoms. The number of hydrogen-bond acceptors (Lipinski definition) is 9. The molecule has 2 unspecified atom stereocenters. The highest BCUT2D eigenvalue weighted by Crippen LogP contribution is 2.37. The second-order valence-electron chi connectivity index (χ2n) is 13.6. The van der Waals surface area contributed by atoms with Crippen molar-refractivity contribution < 1.29 is 19.4 Å². The molecule has 268 valence electrons. The van der Waals surface area contributed by atoms with Crippen LogP contribution < -0.4 is 20.7 Å². The van der Waals surface area contributed by atoms with Gasteiger partial charge in [0, 0.05) is 41.1 Å². The molecule has 13 nitrogen and oxygen atoms in total. The van der Waals surface area contributed by atoms with Crippen molar-refractivity contribution in [3.63, 3.8) is 0 Å². The zero-order chi connectivity index (χ0) is 35.9. The Balaban J connectivity index is 0.890. The third-order valence-electron chi connectivity index (χ3n) is 10.0. The lowest BCUT2D eigenvalue weighted by molar-refractivity contribution is -0.128. The molecule has 3 aromatic heterocycles. The molecule has 2 fully saturated rings. The largest absolute Gasteiger partial charge is 0.494 e. The van der Waals surface area contributed by atoms with Crippen LogP contribution in [0.5, 0.6) is 5.75 Å². The number of aromatic nitrogens is 5. The third kappa shape index (κ3) is 8.08. The van der Waals surface area contributed by atoms with Crippen LogP contribution in [0.25, 0.3) is 22.3 Å². The van der Waals surface area contributed by atoms with Crippen molar-refractivity contribution in [2.24, 2.45) is 5.92 Å². The maximum absolute atomic E-state index is 12.8. The molecule has 1 saturated heterocycles. The SMILES string of the molecule is N#CC[C@@H](C1CCCC1)n1cc(-c2nc(Nc3ccc(C(=O)NCCCCOc4ccc(C5CCC(O)NC5=O)cc4)cc3)nc3[nH]ccc23)cn1. The van der Waals surface area contributed by atoms with E-state index in [1.165, 1.54) is 12.8 Å². The van der Waals surface area contributed by atoms with E-state index in [1.807, 2.05) is 65.7 Å². The lowest BCUT2D eigenvalue weighted by Crippen LogP contribution is -2.42. The summed E-state index contributed by atoms with van der Waals surface area (Å²) >= 11 is 0. The fourth-order valence-electron chi connectivity index (χ4n) is 7.23. The number of fused-ring (bicyclic) bond motifs is 1. The van der Waals surface area contributed by atoms with Crippen LogP contribution in [0.1, 0.15) is 85.7 Å². The zero-order valence-corrected chi connectivity index (χ0v) is 28.9. The van der Waals surface area contributed by atoms with Gasteiger partial charge in [-0.15, -0.1) is 0 Å². The molecule has 4 heterocycles. The number of anilines is 2. The number of hydrogen-bond donors (Lipinski definition) is 5. The molecular formula is C39H43N9O4. The van der Waals surface area contributed by atoms with E-state index in [2.05, 4.69) is 37.1 Å². The number of nitrogens with one attached hydrogen (secondary N) is 4. The van der Waals surface area contributed by atoms with Crippen LogP contribution in [0.2, 0.25) is 0 Å². The third-order valence-corrected chi connectivity index (χ3v) is 10.0. The van der Waals surface area contributed by atoms with Gasteiger partial charge in [0.2, 0.25) is 11.9 Å². The van der Waals surface area contributed by atoms with Gasteiger partial charge >= 0.3 is 0 Å². The smallest absolute Gasteiger partial charge is 0.251 e. The van der Waals surface area contributed by atoms with Gasteiger partial charge in [0.05, 0.1) is 42.9 Å². The molecule has 2 aliphatic rings. The molecule has 13 heteroatoms. The van der Waals surface area contributed by atoms with Crippen molar-refractivity contribution in [1.82, 2.24) is 35.4 Å². The summed E-state index contributed by atoms with van der Waals surface area (Å²) in [4.78, 5) is 37.7. The summed E-state index contributed by atoms with van der Waals surface area (Å²) in [5.74, 6) is 1.03. The van der Waals surface area contributed by atoms with Gasteiger partial charge in [0.1, 0.15) is 17.6 Å². The first kappa shape index (κ1) is 34.7. The number of amides is 2. The number of carbonyl (C=O) groups excluding carboxylic acids is 2. The Hall–Kier alpha value is -5.74. The number of aromatic amines is 1. The minimum absolute atomic E-state index is 0.0546. The first-order valence-corrected chi connectivity index (χ1v) is 18.1. The van der Waals surface area contributed by atoms with Crippen LogP contribution >= 0.6 is 0 Å². The van der Waals surface area contributed by atoms with Gasteiger partial charge in [0.25, 0.3) is 5.91 Å². The first-order valence-electron chi connectivity index (χ1n) is 18.1. The van der Waals surface area contributed by atoms with Crippen molar-refractivity contribution in [3.05, 3.63) is 84.3 Å². The fourth-order valence-corrected chi connectivity index (χ4v) is 7.23. The van der Waals surface area contributed by atoms with E-state index < -0.39 is 6.23 Å². The number of nitriles is 1. The molecule has 1 aliphatic carbocycles. The number of ether oxygens (including phenoxy) is 1. The summed E-state index contributed by atoms with van der Waals surface area (Å²) in [7, 11) is 0. The van der Waals surface area contributed by atoms with Crippen LogP contribution in [-0.4, -0.2) is 61.0 Å². The number of aliphatic hydroxyl groups is 1. The quantitative estimate of drug-likeness (QED) is 0.0853. The average molecular weight is 702 g/mol. The first-order chi connectivity index (χ1) is 25.4. The summed E-state index contributed by atoms with van der Waals surface area (Å²) < 4.78 is 7.79. The molecule has 2 aromatic carbocycles. The molecule has 5 aromatic rings. The lowest BCUT2D eigenvalue weighted by atomic mass is 9.90. The number of piperidine rings is 1. The number of nitrogens with zero attached hydrogens (tertiary/aromatic N) is 5. The van der Waals surface area contributed by atoms with Crippen LogP contribution in [0.15, 0.2) is 73.2 Å². The van der Waals surface area contributed by atoms with E-state index in [4.69, 9.17) is 9.72 Å². The normalized spacial score (nSPS) is 18.1. The maximum Gasteiger partial charge on any atom is 0.251 e. The minimum atomic E-state index is -0.762. The summed E-state index contributed by atoms with van der Waals surface area (Å²) in [6.07, 6.45) is 12.6. The number of carbonyl (C=O) groups is 2. The molecule has 5 N–H and O–H groups in total. The van der Waals surface area contributed by atoms with E-state index in [0.717, 1.165) is 59.3 Å². The molecule has 0 radical (unpaired) electrons. The topological polar surface area (TPSA) is 183 Å². The number of benzene rings is 2. The van der Waals surface area contributed by atoms with Crippen molar-refractivity contribution in [1.29, 1.82) is 5.26 Å². The van der Waals surface area contributed by atoms with E-state index in [-0.39, 0.29) is 23.8 Å². The zero-order valence-electron chi connectivity index (χ0n) is 28.9.